The highest BCUT2D eigenvalue weighted by atomic mass is 79.9. The Morgan fingerprint density at radius 1 is 1.40 bits per heavy atom. The van der Waals surface area contributed by atoms with E-state index in [-0.39, 0.29) is 12.3 Å². The number of hydrogen-bond acceptors (Lipinski definition) is 1. The number of hydrogen-bond donors (Lipinski definition) is 2. The summed E-state index contributed by atoms with van der Waals surface area (Å²) in [6.45, 7) is 0. The van der Waals surface area contributed by atoms with E-state index in [0.29, 0.717) is 10.0 Å². The number of nitrogens with two attached hydrogens (primary N) is 1. The Bertz CT molecular complexity index is 387. The van der Waals surface area contributed by atoms with Crippen molar-refractivity contribution in [2.75, 3.05) is 0 Å². The summed E-state index contributed by atoms with van der Waals surface area (Å²) in [6, 6.07) is 3.27. The first-order valence-electron chi connectivity index (χ1n) is 3.99. The second-order valence-electron chi connectivity index (χ2n) is 3.01. The van der Waals surface area contributed by atoms with Gasteiger partial charge in [-0.3, -0.25) is 5.41 Å². The Kier molecular flexibility index (Phi) is 3.38. The summed E-state index contributed by atoms with van der Waals surface area (Å²) in [7, 11) is 0. The van der Waals surface area contributed by atoms with Gasteiger partial charge in [-0.05, 0) is 17.7 Å². The zero-order valence-corrected chi connectivity index (χ0v) is 9.11. The fourth-order valence-corrected chi connectivity index (χ4v) is 1.59. The van der Waals surface area contributed by atoms with E-state index in [1.54, 1.807) is 0 Å². The van der Waals surface area contributed by atoms with Crippen molar-refractivity contribution in [3.63, 3.8) is 0 Å². The van der Waals surface area contributed by atoms with E-state index in [0.717, 1.165) is 12.1 Å². The molecule has 15 heavy (non-hydrogen) atoms. The lowest BCUT2D eigenvalue weighted by atomic mass is 10.1. The zero-order valence-electron chi connectivity index (χ0n) is 7.53. The van der Waals surface area contributed by atoms with Gasteiger partial charge in [-0.25, -0.2) is 0 Å². The molecule has 1 rings (SSSR count). The molecule has 0 aromatic heterocycles. The molecule has 0 aliphatic rings. The minimum absolute atomic E-state index is 0.0875. The second-order valence-corrected chi connectivity index (χ2v) is 3.86. The van der Waals surface area contributed by atoms with Gasteiger partial charge < -0.3 is 5.73 Å². The highest BCUT2D eigenvalue weighted by Crippen LogP contribution is 2.32. The first-order valence-corrected chi connectivity index (χ1v) is 4.78. The van der Waals surface area contributed by atoms with Gasteiger partial charge in [-0.2, -0.15) is 13.2 Å². The van der Waals surface area contributed by atoms with Crippen LogP contribution in [0.3, 0.4) is 0 Å². The van der Waals surface area contributed by atoms with Crippen LogP contribution in [-0.4, -0.2) is 5.84 Å². The van der Waals surface area contributed by atoms with E-state index >= 15 is 0 Å². The van der Waals surface area contributed by atoms with Crippen molar-refractivity contribution < 1.29 is 13.2 Å². The van der Waals surface area contributed by atoms with Crippen LogP contribution in [0.5, 0.6) is 0 Å². The maximum absolute atomic E-state index is 12.3. The van der Waals surface area contributed by atoms with E-state index in [1.165, 1.54) is 6.07 Å². The Labute approximate surface area is 92.9 Å². The summed E-state index contributed by atoms with van der Waals surface area (Å²) in [5.41, 5.74) is 5.00. The molecule has 0 radical (unpaired) electrons. The van der Waals surface area contributed by atoms with Crippen LogP contribution in [0.4, 0.5) is 13.2 Å². The lowest BCUT2D eigenvalue weighted by molar-refractivity contribution is -0.137. The van der Waals surface area contributed by atoms with Crippen molar-refractivity contribution in [1.29, 1.82) is 5.41 Å². The van der Waals surface area contributed by atoms with E-state index in [4.69, 9.17) is 11.1 Å². The lowest BCUT2D eigenvalue weighted by Gasteiger charge is -2.09. The van der Waals surface area contributed by atoms with E-state index in [1.807, 2.05) is 0 Å². The number of amidine groups is 1. The van der Waals surface area contributed by atoms with Crippen LogP contribution >= 0.6 is 15.9 Å². The number of halogens is 4. The van der Waals surface area contributed by atoms with Crippen LogP contribution in [0.25, 0.3) is 0 Å². The number of rotatable bonds is 2. The average molecular weight is 281 g/mol. The molecular formula is C9H8BrF3N2. The largest absolute Gasteiger partial charge is 0.416 e. The molecule has 0 saturated carbocycles. The predicted molar refractivity (Wildman–Crippen MR) is 54.8 cm³/mol. The molecule has 0 fully saturated rings. The molecule has 0 atom stereocenters. The normalized spacial score (nSPS) is 11.5. The molecule has 1 aromatic rings. The first kappa shape index (κ1) is 12.0. The molecule has 0 unspecified atom stereocenters. The van der Waals surface area contributed by atoms with Crippen LogP contribution < -0.4 is 5.73 Å². The maximum atomic E-state index is 12.3. The quantitative estimate of drug-likeness (QED) is 0.635. The van der Waals surface area contributed by atoms with Crippen LogP contribution in [0, 0.1) is 5.41 Å². The molecule has 0 aliphatic carbocycles. The van der Waals surface area contributed by atoms with Crippen molar-refractivity contribution in [1.82, 2.24) is 0 Å². The van der Waals surface area contributed by atoms with Gasteiger partial charge in [-0.15, -0.1) is 0 Å². The molecule has 2 nitrogen and oxygen atoms in total. The van der Waals surface area contributed by atoms with Crippen molar-refractivity contribution >= 4 is 21.8 Å². The van der Waals surface area contributed by atoms with E-state index in [2.05, 4.69) is 15.9 Å². The van der Waals surface area contributed by atoms with Gasteiger partial charge >= 0.3 is 6.18 Å². The van der Waals surface area contributed by atoms with Crippen LogP contribution in [-0.2, 0) is 12.6 Å². The molecule has 0 amide bonds. The van der Waals surface area contributed by atoms with Gasteiger partial charge in [0.25, 0.3) is 0 Å². The summed E-state index contributed by atoms with van der Waals surface area (Å²) >= 11 is 3.02. The molecule has 1 aromatic carbocycles. The van der Waals surface area contributed by atoms with Crippen molar-refractivity contribution in [3.8, 4) is 0 Å². The monoisotopic (exact) mass is 280 g/mol. The lowest BCUT2D eigenvalue weighted by Crippen LogP contribution is -2.13. The van der Waals surface area contributed by atoms with Gasteiger partial charge in [0.05, 0.1) is 11.4 Å². The van der Waals surface area contributed by atoms with Crippen LogP contribution in [0.15, 0.2) is 22.7 Å². The molecule has 0 spiro atoms. The van der Waals surface area contributed by atoms with Gasteiger partial charge in [0, 0.05) is 10.9 Å². The van der Waals surface area contributed by atoms with Gasteiger partial charge in [-0.1, -0.05) is 22.0 Å². The van der Waals surface area contributed by atoms with Crippen molar-refractivity contribution in [3.05, 3.63) is 33.8 Å². The van der Waals surface area contributed by atoms with Crippen LogP contribution in [0.1, 0.15) is 11.1 Å². The maximum Gasteiger partial charge on any atom is 0.416 e. The highest BCUT2D eigenvalue weighted by molar-refractivity contribution is 9.10. The topological polar surface area (TPSA) is 49.9 Å². The summed E-state index contributed by atoms with van der Waals surface area (Å²) in [5, 5.41) is 7.04. The molecule has 6 heteroatoms. The Morgan fingerprint density at radius 3 is 2.40 bits per heavy atom. The molecule has 0 aliphatic heterocycles. The zero-order chi connectivity index (χ0) is 11.6. The Balaban J connectivity index is 3.03. The molecule has 82 valence electrons. The number of alkyl halides is 3. The number of benzene rings is 1. The van der Waals surface area contributed by atoms with E-state index in [9.17, 15) is 13.2 Å². The fourth-order valence-electron chi connectivity index (χ4n) is 1.07. The van der Waals surface area contributed by atoms with Gasteiger partial charge in [0.1, 0.15) is 0 Å². The van der Waals surface area contributed by atoms with Crippen molar-refractivity contribution in [2.24, 2.45) is 5.73 Å². The summed E-state index contributed by atoms with van der Waals surface area (Å²) in [4.78, 5) is 0. The SMILES string of the molecule is N=C(N)Cc1ccc(C(F)(F)F)cc1Br. The summed E-state index contributed by atoms with van der Waals surface area (Å²) < 4.78 is 37.1. The first-order chi connectivity index (χ1) is 6.80. The molecule has 0 bridgehead atoms. The smallest absolute Gasteiger partial charge is 0.387 e. The summed E-state index contributed by atoms with van der Waals surface area (Å²) in [6.07, 6.45) is -4.21. The molecule has 0 heterocycles. The predicted octanol–water partition coefficient (Wildman–Crippen LogP) is 2.95. The number of nitrogens with one attached hydrogen (secondary N) is 1. The molecule has 0 saturated heterocycles. The molecular weight excluding hydrogens is 273 g/mol. The highest BCUT2D eigenvalue weighted by Gasteiger charge is 2.30. The third kappa shape index (κ3) is 3.23. The van der Waals surface area contributed by atoms with Crippen LogP contribution in [0.2, 0.25) is 0 Å². The minimum atomic E-state index is -4.35. The summed E-state index contributed by atoms with van der Waals surface area (Å²) in [5.74, 6) is -0.0875. The third-order valence-corrected chi connectivity index (χ3v) is 2.50. The van der Waals surface area contributed by atoms with Crippen molar-refractivity contribution in [2.45, 2.75) is 12.6 Å². The van der Waals surface area contributed by atoms with Gasteiger partial charge in [0.15, 0.2) is 0 Å². The average Bonchev–Trinajstić information content (AvgIpc) is 2.05. The molecule has 3 N–H and O–H groups in total. The fraction of sp³-hybridized carbons (Fsp3) is 0.222. The Hall–Kier alpha value is -1.04. The standard InChI is InChI=1S/C9H8BrF3N2/c10-7-4-6(9(11,12)13)2-1-5(7)3-8(14)15/h1-2,4H,3H2,(H3,14,15). The third-order valence-electron chi connectivity index (χ3n) is 1.76. The van der Waals surface area contributed by atoms with Gasteiger partial charge in [0.2, 0.25) is 0 Å². The second kappa shape index (κ2) is 4.22. The van der Waals surface area contributed by atoms with E-state index < -0.39 is 11.7 Å². The Morgan fingerprint density at radius 2 is 2.00 bits per heavy atom. The minimum Gasteiger partial charge on any atom is -0.387 e.